The summed E-state index contributed by atoms with van der Waals surface area (Å²) in [6.07, 6.45) is 4.36. The van der Waals surface area contributed by atoms with Gasteiger partial charge in [-0.15, -0.1) is 0 Å². The number of aryl methyl sites for hydroxylation is 1. The Balaban J connectivity index is 2.19. The second kappa shape index (κ2) is 4.84. The summed E-state index contributed by atoms with van der Waals surface area (Å²) in [6.45, 7) is 5.44. The monoisotopic (exact) mass is 233 g/mol. The number of amides is 1. The van der Waals surface area contributed by atoms with E-state index in [2.05, 4.69) is 11.9 Å². The normalized spacial score (nSPS) is 24.1. The molecule has 1 fully saturated rings. The van der Waals surface area contributed by atoms with E-state index >= 15 is 0 Å². The first-order valence-electron chi connectivity index (χ1n) is 6.05. The molecule has 1 aromatic heterocycles. The molecule has 1 aromatic rings. The Kier molecular flexibility index (Phi) is 3.43. The molecule has 1 saturated heterocycles. The zero-order valence-electron chi connectivity index (χ0n) is 10.4. The van der Waals surface area contributed by atoms with Crippen LogP contribution in [0.15, 0.2) is 18.5 Å². The van der Waals surface area contributed by atoms with Crippen LogP contribution in [0.5, 0.6) is 0 Å². The molecule has 1 amide bonds. The fourth-order valence-corrected chi connectivity index (χ4v) is 2.44. The minimum absolute atomic E-state index is 0.0825. The van der Waals surface area contributed by atoms with Crippen molar-refractivity contribution in [2.45, 2.75) is 26.3 Å². The second-order valence-corrected chi connectivity index (χ2v) is 4.83. The lowest BCUT2D eigenvalue weighted by atomic mass is 10.1. The first kappa shape index (κ1) is 12.0. The smallest absolute Gasteiger partial charge is 0.255 e. The van der Waals surface area contributed by atoms with Gasteiger partial charge in [0.1, 0.15) is 0 Å². The molecular weight excluding hydrogens is 214 g/mol. The average molecular weight is 233 g/mol. The van der Waals surface area contributed by atoms with E-state index in [0.29, 0.717) is 18.0 Å². The van der Waals surface area contributed by atoms with Crippen LogP contribution < -0.4 is 5.73 Å². The third-order valence-corrected chi connectivity index (χ3v) is 3.53. The van der Waals surface area contributed by atoms with Crippen molar-refractivity contribution in [2.24, 2.45) is 11.7 Å². The van der Waals surface area contributed by atoms with Gasteiger partial charge in [0.2, 0.25) is 0 Å². The van der Waals surface area contributed by atoms with E-state index in [1.165, 1.54) is 0 Å². The predicted octanol–water partition coefficient (Wildman–Crippen LogP) is 1.20. The van der Waals surface area contributed by atoms with E-state index in [4.69, 9.17) is 5.73 Å². The molecule has 0 radical (unpaired) electrons. The highest BCUT2D eigenvalue weighted by molar-refractivity contribution is 5.95. The van der Waals surface area contributed by atoms with Crippen molar-refractivity contribution in [3.8, 4) is 0 Å². The Bertz CT molecular complexity index is 419. The molecule has 4 heteroatoms. The first-order valence-corrected chi connectivity index (χ1v) is 6.05. The quantitative estimate of drug-likeness (QED) is 0.835. The van der Waals surface area contributed by atoms with Gasteiger partial charge < -0.3 is 10.6 Å². The summed E-state index contributed by atoms with van der Waals surface area (Å²) < 4.78 is 0. The van der Waals surface area contributed by atoms with Gasteiger partial charge in [-0.3, -0.25) is 9.78 Å². The molecule has 0 spiro atoms. The third-order valence-electron chi connectivity index (χ3n) is 3.53. The molecule has 2 heterocycles. The number of hydrogen-bond acceptors (Lipinski definition) is 3. The van der Waals surface area contributed by atoms with Gasteiger partial charge >= 0.3 is 0 Å². The van der Waals surface area contributed by atoms with E-state index in [9.17, 15) is 4.79 Å². The standard InChI is InChI=1S/C13H19N3O/c1-9-3-4-15-7-12(9)13(17)16-8-11(6-14)5-10(16)2/h3-4,7,10-11H,5-6,8,14H2,1-2H3. The van der Waals surface area contributed by atoms with Crippen LogP contribution in [0.4, 0.5) is 0 Å². The number of rotatable bonds is 2. The van der Waals surface area contributed by atoms with Crippen molar-refractivity contribution in [1.82, 2.24) is 9.88 Å². The van der Waals surface area contributed by atoms with Crippen LogP contribution in [0.25, 0.3) is 0 Å². The number of carbonyl (C=O) groups is 1. The van der Waals surface area contributed by atoms with E-state index in [0.717, 1.165) is 18.5 Å². The lowest BCUT2D eigenvalue weighted by Gasteiger charge is -2.22. The highest BCUT2D eigenvalue weighted by Gasteiger charge is 2.32. The van der Waals surface area contributed by atoms with Crippen molar-refractivity contribution in [2.75, 3.05) is 13.1 Å². The Morgan fingerprint density at radius 2 is 2.41 bits per heavy atom. The lowest BCUT2D eigenvalue weighted by Crippen LogP contribution is -2.34. The Morgan fingerprint density at radius 1 is 1.65 bits per heavy atom. The van der Waals surface area contributed by atoms with Gasteiger partial charge in [0, 0.05) is 25.0 Å². The number of likely N-dealkylation sites (tertiary alicyclic amines) is 1. The summed E-state index contributed by atoms with van der Waals surface area (Å²) in [4.78, 5) is 18.3. The molecule has 4 nitrogen and oxygen atoms in total. The zero-order chi connectivity index (χ0) is 12.4. The number of carbonyl (C=O) groups excluding carboxylic acids is 1. The number of nitrogens with zero attached hydrogens (tertiary/aromatic N) is 2. The predicted molar refractivity (Wildman–Crippen MR) is 66.6 cm³/mol. The highest BCUT2D eigenvalue weighted by Crippen LogP contribution is 2.24. The van der Waals surface area contributed by atoms with Crippen LogP contribution in [-0.2, 0) is 0 Å². The molecule has 2 unspecified atom stereocenters. The minimum Gasteiger partial charge on any atom is -0.336 e. The van der Waals surface area contributed by atoms with Crippen molar-refractivity contribution in [1.29, 1.82) is 0 Å². The SMILES string of the molecule is Cc1ccncc1C(=O)N1CC(CN)CC1C. The van der Waals surface area contributed by atoms with E-state index in [1.807, 2.05) is 17.9 Å². The van der Waals surface area contributed by atoms with Crippen LogP contribution in [0.1, 0.15) is 29.3 Å². The van der Waals surface area contributed by atoms with Gasteiger partial charge in [0.25, 0.3) is 5.91 Å². The summed E-state index contributed by atoms with van der Waals surface area (Å²) in [7, 11) is 0. The Labute approximate surface area is 102 Å². The summed E-state index contributed by atoms with van der Waals surface area (Å²) in [5.41, 5.74) is 7.36. The fraction of sp³-hybridized carbons (Fsp3) is 0.538. The second-order valence-electron chi connectivity index (χ2n) is 4.83. The summed E-state index contributed by atoms with van der Waals surface area (Å²) in [5.74, 6) is 0.518. The van der Waals surface area contributed by atoms with Crippen LogP contribution >= 0.6 is 0 Å². The van der Waals surface area contributed by atoms with Gasteiger partial charge in [-0.25, -0.2) is 0 Å². The van der Waals surface area contributed by atoms with Gasteiger partial charge in [0.15, 0.2) is 0 Å². The van der Waals surface area contributed by atoms with Gasteiger partial charge in [0.05, 0.1) is 5.56 Å². The molecular formula is C13H19N3O. The van der Waals surface area contributed by atoms with Crippen molar-refractivity contribution in [3.05, 3.63) is 29.6 Å². The first-order chi connectivity index (χ1) is 8.13. The van der Waals surface area contributed by atoms with Crippen LogP contribution in [-0.4, -0.2) is 34.9 Å². The van der Waals surface area contributed by atoms with E-state index < -0.39 is 0 Å². The fourth-order valence-electron chi connectivity index (χ4n) is 2.44. The molecule has 0 aliphatic carbocycles. The molecule has 0 bridgehead atoms. The molecule has 0 aromatic carbocycles. The molecule has 2 atom stereocenters. The van der Waals surface area contributed by atoms with Crippen molar-refractivity contribution < 1.29 is 4.79 Å². The maximum atomic E-state index is 12.4. The lowest BCUT2D eigenvalue weighted by molar-refractivity contribution is 0.0742. The minimum atomic E-state index is 0.0825. The van der Waals surface area contributed by atoms with Crippen LogP contribution in [0, 0.1) is 12.8 Å². The molecule has 1 aliphatic rings. The van der Waals surface area contributed by atoms with Gasteiger partial charge in [-0.05, 0) is 44.4 Å². The Morgan fingerprint density at radius 3 is 3.00 bits per heavy atom. The largest absolute Gasteiger partial charge is 0.336 e. The maximum Gasteiger partial charge on any atom is 0.255 e. The molecule has 0 saturated carbocycles. The van der Waals surface area contributed by atoms with E-state index in [-0.39, 0.29) is 11.9 Å². The molecule has 1 aliphatic heterocycles. The topological polar surface area (TPSA) is 59.2 Å². The van der Waals surface area contributed by atoms with Gasteiger partial charge in [-0.2, -0.15) is 0 Å². The van der Waals surface area contributed by atoms with Crippen molar-refractivity contribution >= 4 is 5.91 Å². The third kappa shape index (κ3) is 2.31. The highest BCUT2D eigenvalue weighted by atomic mass is 16.2. The Hall–Kier alpha value is -1.42. The number of nitrogens with two attached hydrogens (primary N) is 1. The summed E-state index contributed by atoms with van der Waals surface area (Å²) >= 11 is 0. The number of aromatic nitrogens is 1. The number of pyridine rings is 1. The summed E-state index contributed by atoms with van der Waals surface area (Å²) in [5, 5.41) is 0. The maximum absolute atomic E-state index is 12.4. The molecule has 2 rings (SSSR count). The number of hydrogen-bond donors (Lipinski definition) is 1. The average Bonchev–Trinajstić information content (AvgIpc) is 2.70. The van der Waals surface area contributed by atoms with Crippen LogP contribution in [0.3, 0.4) is 0 Å². The molecule has 2 N–H and O–H groups in total. The molecule has 17 heavy (non-hydrogen) atoms. The van der Waals surface area contributed by atoms with Crippen molar-refractivity contribution in [3.63, 3.8) is 0 Å². The van der Waals surface area contributed by atoms with E-state index in [1.54, 1.807) is 12.4 Å². The van der Waals surface area contributed by atoms with Crippen LogP contribution in [0.2, 0.25) is 0 Å². The zero-order valence-corrected chi connectivity index (χ0v) is 10.4. The molecule has 92 valence electrons. The summed E-state index contributed by atoms with van der Waals surface area (Å²) in [6, 6.07) is 2.14. The van der Waals surface area contributed by atoms with Gasteiger partial charge in [-0.1, -0.05) is 0 Å².